The van der Waals surface area contributed by atoms with Crippen molar-refractivity contribution in [3.8, 4) is 0 Å². The number of nitrogen functional groups attached to an aromatic ring is 3. The summed E-state index contributed by atoms with van der Waals surface area (Å²) < 4.78 is 0. The number of rotatable bonds is 5. The van der Waals surface area contributed by atoms with Crippen molar-refractivity contribution in [2.75, 3.05) is 17.2 Å². The van der Waals surface area contributed by atoms with Crippen LogP contribution in [0.4, 0.5) is 17.8 Å². The molecule has 13 nitrogen and oxygen atoms in total. The van der Waals surface area contributed by atoms with Crippen LogP contribution in [0.5, 0.6) is 0 Å². The molecule has 0 aromatic carbocycles. The molecule has 130 valence electrons. The molecule has 13 heteroatoms. The van der Waals surface area contributed by atoms with E-state index in [1.54, 1.807) is 0 Å². The molecule has 2 amide bonds. The summed E-state index contributed by atoms with van der Waals surface area (Å²) in [4.78, 5) is 39.6. The molecule has 1 rings (SSSR count). The molecule has 1 aromatic heterocycles. The van der Waals surface area contributed by atoms with E-state index in [0.717, 1.165) is 0 Å². The molecule has 0 saturated heterocycles. The van der Waals surface area contributed by atoms with Gasteiger partial charge in [0.25, 0.3) is 0 Å². The second kappa shape index (κ2) is 13.9. The van der Waals surface area contributed by atoms with Crippen LogP contribution in [-0.2, 0) is 14.4 Å². The smallest absolute Gasteiger partial charge is 0.233 e. The van der Waals surface area contributed by atoms with Crippen LogP contribution in [0.15, 0.2) is 0 Å². The maximum Gasteiger partial charge on any atom is 0.233 e. The summed E-state index contributed by atoms with van der Waals surface area (Å²) in [6.07, 6.45) is 1.95. The summed E-state index contributed by atoms with van der Waals surface area (Å²) >= 11 is 0. The molecule has 0 aliphatic rings. The van der Waals surface area contributed by atoms with Gasteiger partial charge in [0.05, 0.1) is 0 Å². The van der Waals surface area contributed by atoms with Crippen LogP contribution in [0.25, 0.3) is 0 Å². The van der Waals surface area contributed by atoms with Crippen molar-refractivity contribution in [1.82, 2.24) is 25.8 Å². The fourth-order valence-corrected chi connectivity index (χ4v) is 1.14. The Balaban J connectivity index is 0. The predicted octanol–water partition coefficient (Wildman–Crippen LogP) is -3.04. The van der Waals surface area contributed by atoms with E-state index in [4.69, 9.17) is 33.7 Å². The maximum absolute atomic E-state index is 10.6. The normalized spacial score (nSPS) is 8.61. The Hall–Kier alpha value is -3.06. The number of hydrogen-bond acceptors (Lipinski definition) is 11. The van der Waals surface area contributed by atoms with Crippen LogP contribution >= 0.6 is 0 Å². The van der Waals surface area contributed by atoms with Gasteiger partial charge in [-0.1, -0.05) is 0 Å². The molecule has 1 aromatic rings. The summed E-state index contributed by atoms with van der Waals surface area (Å²) in [7, 11) is 0. The van der Waals surface area contributed by atoms with Gasteiger partial charge in [-0.2, -0.15) is 15.0 Å². The van der Waals surface area contributed by atoms with Crippen LogP contribution in [0.1, 0.15) is 25.7 Å². The highest BCUT2D eigenvalue weighted by molar-refractivity contribution is 5.76. The molecule has 0 fully saturated rings. The first kappa shape index (κ1) is 22.2. The predicted molar refractivity (Wildman–Crippen MR) is 83.3 cm³/mol. The second-order valence-electron chi connectivity index (χ2n) is 3.75. The molecular formula is C10H22N10O3. The third-order valence-electron chi connectivity index (χ3n) is 2.07. The van der Waals surface area contributed by atoms with Gasteiger partial charge in [0.1, 0.15) is 6.79 Å². The van der Waals surface area contributed by atoms with Crippen LogP contribution < -0.4 is 39.7 Å². The molecule has 0 spiro atoms. The summed E-state index contributed by atoms with van der Waals surface area (Å²) in [5.41, 5.74) is 19.4. The third-order valence-corrected chi connectivity index (χ3v) is 2.07. The van der Waals surface area contributed by atoms with Crippen molar-refractivity contribution >= 4 is 36.4 Å². The zero-order valence-electron chi connectivity index (χ0n) is 12.5. The van der Waals surface area contributed by atoms with Crippen LogP contribution in [-0.4, -0.2) is 33.6 Å². The summed E-state index contributed by atoms with van der Waals surface area (Å²) in [6, 6.07) is 0. The van der Waals surface area contributed by atoms with Crippen molar-refractivity contribution in [2.24, 2.45) is 11.7 Å². The van der Waals surface area contributed by atoms with Gasteiger partial charge in [0.2, 0.25) is 29.7 Å². The van der Waals surface area contributed by atoms with Crippen molar-refractivity contribution in [3.05, 3.63) is 0 Å². The molecular weight excluding hydrogens is 308 g/mol. The van der Waals surface area contributed by atoms with Gasteiger partial charge in [-0.3, -0.25) is 20.4 Å². The van der Waals surface area contributed by atoms with Crippen LogP contribution in [0.2, 0.25) is 0 Å². The number of nitrogens with two attached hydrogens (primary N) is 5. The van der Waals surface area contributed by atoms with Gasteiger partial charge < -0.3 is 22.0 Å². The SMILES string of the molecule is C=O.NNC(=O)CCCCC(=O)NN.Nc1nc(N)nc(N)n1. The van der Waals surface area contributed by atoms with E-state index in [0.29, 0.717) is 25.7 Å². The monoisotopic (exact) mass is 330 g/mol. The number of carbonyl (C=O) groups excluding carboxylic acids is 3. The molecule has 0 aliphatic carbocycles. The Morgan fingerprint density at radius 3 is 1.26 bits per heavy atom. The molecule has 0 atom stereocenters. The molecule has 0 radical (unpaired) electrons. The number of anilines is 3. The number of hydrogen-bond donors (Lipinski definition) is 7. The molecule has 0 unspecified atom stereocenters. The Morgan fingerprint density at radius 1 is 0.783 bits per heavy atom. The van der Waals surface area contributed by atoms with Crippen LogP contribution in [0.3, 0.4) is 0 Å². The number of amides is 2. The zero-order valence-corrected chi connectivity index (χ0v) is 12.5. The highest BCUT2D eigenvalue weighted by atomic mass is 16.2. The third kappa shape index (κ3) is 13.7. The average molecular weight is 330 g/mol. The van der Waals surface area contributed by atoms with E-state index in [9.17, 15) is 9.59 Å². The number of hydrazine groups is 2. The summed E-state index contributed by atoms with van der Waals surface area (Å²) in [6.45, 7) is 2.00. The first-order valence-electron chi connectivity index (χ1n) is 6.19. The van der Waals surface area contributed by atoms with Crippen molar-refractivity contribution in [1.29, 1.82) is 0 Å². The molecule has 0 saturated carbocycles. The van der Waals surface area contributed by atoms with Gasteiger partial charge >= 0.3 is 0 Å². The quantitative estimate of drug-likeness (QED) is 0.124. The molecule has 12 N–H and O–H groups in total. The Kier molecular flexibility index (Phi) is 13.4. The van der Waals surface area contributed by atoms with E-state index in [1.807, 2.05) is 17.6 Å². The minimum Gasteiger partial charge on any atom is -0.368 e. The molecule has 1 heterocycles. The molecule has 23 heavy (non-hydrogen) atoms. The first-order chi connectivity index (χ1) is 10.9. The summed E-state index contributed by atoms with van der Waals surface area (Å²) in [5, 5.41) is 0. The minimum atomic E-state index is -0.219. The lowest BCUT2D eigenvalue weighted by Gasteiger charge is -1.99. The lowest BCUT2D eigenvalue weighted by Crippen LogP contribution is -2.30. The van der Waals surface area contributed by atoms with Gasteiger partial charge in [0.15, 0.2) is 0 Å². The van der Waals surface area contributed by atoms with Gasteiger partial charge in [0, 0.05) is 12.8 Å². The number of nitrogens with zero attached hydrogens (tertiary/aromatic N) is 3. The summed E-state index contributed by atoms with van der Waals surface area (Å²) in [5.74, 6) is 9.37. The Bertz CT molecular complexity index is 415. The zero-order chi connectivity index (χ0) is 18.3. The highest BCUT2D eigenvalue weighted by Crippen LogP contribution is 1.98. The van der Waals surface area contributed by atoms with E-state index in [1.165, 1.54) is 0 Å². The lowest BCUT2D eigenvalue weighted by molar-refractivity contribution is -0.123. The van der Waals surface area contributed by atoms with E-state index >= 15 is 0 Å². The largest absolute Gasteiger partial charge is 0.368 e. The van der Waals surface area contributed by atoms with Crippen molar-refractivity contribution in [3.63, 3.8) is 0 Å². The number of unbranched alkanes of at least 4 members (excludes halogenated alkanes) is 1. The fraction of sp³-hybridized carbons (Fsp3) is 0.400. The number of carbonyl (C=O) groups is 3. The lowest BCUT2D eigenvalue weighted by atomic mass is 10.2. The Labute approximate surface area is 132 Å². The van der Waals surface area contributed by atoms with E-state index < -0.39 is 0 Å². The van der Waals surface area contributed by atoms with Gasteiger partial charge in [-0.05, 0) is 12.8 Å². The number of aromatic nitrogens is 3. The first-order valence-corrected chi connectivity index (χ1v) is 6.19. The highest BCUT2D eigenvalue weighted by Gasteiger charge is 2.00. The minimum absolute atomic E-state index is 0.0417. The van der Waals surface area contributed by atoms with Crippen molar-refractivity contribution < 1.29 is 14.4 Å². The van der Waals surface area contributed by atoms with Crippen LogP contribution in [0, 0.1) is 0 Å². The molecule has 0 aliphatic heterocycles. The van der Waals surface area contributed by atoms with E-state index in [2.05, 4.69) is 15.0 Å². The fourth-order valence-electron chi connectivity index (χ4n) is 1.14. The Morgan fingerprint density at radius 2 is 1.04 bits per heavy atom. The van der Waals surface area contributed by atoms with Gasteiger partial charge in [-0.15, -0.1) is 0 Å². The maximum atomic E-state index is 10.6. The van der Waals surface area contributed by atoms with Crippen molar-refractivity contribution in [2.45, 2.75) is 25.7 Å². The average Bonchev–Trinajstić information content (AvgIpc) is 2.52. The standard InChI is InChI=1S/C6H14N4O2.C3H6N6.CH2O/c7-9-5(11)3-1-2-4-6(12)10-8;4-1-7-2(5)9-3(6)8-1;1-2/h1-4,7-8H2,(H,9,11)(H,10,12);(H6,4,5,6,7,8,9);1H2. The topological polar surface area (TPSA) is 244 Å². The second-order valence-corrected chi connectivity index (χ2v) is 3.75. The van der Waals surface area contributed by atoms with E-state index in [-0.39, 0.29) is 29.7 Å². The molecule has 0 bridgehead atoms. The van der Waals surface area contributed by atoms with Gasteiger partial charge in [-0.25, -0.2) is 11.7 Å². The number of nitrogens with one attached hydrogen (secondary N) is 2.